The molecule has 33 heavy (non-hydrogen) atoms. The second-order valence-electron chi connectivity index (χ2n) is 7.08. The number of sulfonamides is 1. The fourth-order valence-corrected chi connectivity index (χ4v) is 4.14. The van der Waals surface area contributed by atoms with E-state index >= 15 is 0 Å². The number of carbonyl (C=O) groups is 2. The molecule has 2 aromatic rings. The van der Waals surface area contributed by atoms with Crippen molar-refractivity contribution in [2.24, 2.45) is 0 Å². The molecule has 0 atom stereocenters. The van der Waals surface area contributed by atoms with Crippen molar-refractivity contribution in [2.75, 3.05) is 20.6 Å². The van der Waals surface area contributed by atoms with Gasteiger partial charge < -0.3 is 10.6 Å². The highest BCUT2D eigenvalue weighted by Crippen LogP contribution is 2.22. The molecule has 0 aliphatic carbocycles. The van der Waals surface area contributed by atoms with Gasteiger partial charge in [0.15, 0.2) is 0 Å². The maximum atomic E-state index is 12.3. The quantitative estimate of drug-likeness (QED) is 0.565. The average Bonchev–Trinajstić information content (AvgIpc) is 2.80. The lowest BCUT2D eigenvalue weighted by Gasteiger charge is -2.12. The van der Waals surface area contributed by atoms with Gasteiger partial charge in [-0.05, 0) is 53.8 Å². The van der Waals surface area contributed by atoms with Crippen molar-refractivity contribution >= 4 is 39.2 Å². The highest BCUT2D eigenvalue weighted by molar-refractivity contribution is 8.05. The van der Waals surface area contributed by atoms with E-state index in [2.05, 4.69) is 23.3 Å². The van der Waals surface area contributed by atoms with Crippen LogP contribution in [-0.2, 0) is 14.8 Å². The van der Waals surface area contributed by atoms with E-state index in [0.717, 1.165) is 15.4 Å². The molecule has 10 heteroatoms. The van der Waals surface area contributed by atoms with Gasteiger partial charge in [-0.2, -0.15) is 5.26 Å². The molecule has 0 heterocycles. The second-order valence-corrected chi connectivity index (χ2v) is 10.2. The van der Waals surface area contributed by atoms with Crippen LogP contribution < -0.4 is 10.6 Å². The Bertz CT molecular complexity index is 1250. The SMILES string of the molecule is C=C(NC(=O)CNC(=O)c1cccc(S(=O)(=O)N(C)C)c1)S/C=C(\C)c1cccc(C#N)c1. The number of hydrogen-bond acceptors (Lipinski definition) is 6. The second kappa shape index (κ2) is 11.5. The van der Waals surface area contributed by atoms with Gasteiger partial charge in [-0.25, -0.2) is 12.7 Å². The molecule has 0 bridgehead atoms. The summed E-state index contributed by atoms with van der Waals surface area (Å²) in [5.74, 6) is -1.05. The summed E-state index contributed by atoms with van der Waals surface area (Å²) >= 11 is 1.20. The third-order valence-corrected chi connectivity index (χ3v) is 7.06. The Balaban J connectivity index is 1.90. The fraction of sp³-hybridized carbons (Fsp3) is 0.174. The molecule has 0 fully saturated rings. The van der Waals surface area contributed by atoms with Gasteiger partial charge in [0.05, 0.1) is 28.1 Å². The van der Waals surface area contributed by atoms with E-state index in [1.807, 2.05) is 13.0 Å². The van der Waals surface area contributed by atoms with Crippen LogP contribution in [0.1, 0.15) is 28.4 Å². The van der Waals surface area contributed by atoms with Crippen LogP contribution in [0, 0.1) is 11.3 Å². The van der Waals surface area contributed by atoms with Crippen LogP contribution in [-0.4, -0.2) is 45.2 Å². The van der Waals surface area contributed by atoms with E-state index in [1.54, 1.807) is 23.6 Å². The zero-order chi connectivity index (χ0) is 24.6. The van der Waals surface area contributed by atoms with Crippen LogP contribution >= 0.6 is 11.8 Å². The summed E-state index contributed by atoms with van der Waals surface area (Å²) in [6, 6.07) is 14.8. The van der Waals surface area contributed by atoms with Crippen LogP contribution in [0.25, 0.3) is 5.57 Å². The maximum Gasteiger partial charge on any atom is 0.251 e. The monoisotopic (exact) mass is 484 g/mol. The van der Waals surface area contributed by atoms with Crippen molar-refractivity contribution < 1.29 is 18.0 Å². The predicted molar refractivity (Wildman–Crippen MR) is 129 cm³/mol. The predicted octanol–water partition coefficient (Wildman–Crippen LogP) is 2.92. The number of nitrogens with one attached hydrogen (secondary N) is 2. The third kappa shape index (κ3) is 7.32. The van der Waals surface area contributed by atoms with Crippen molar-refractivity contribution in [3.63, 3.8) is 0 Å². The Morgan fingerprint density at radius 1 is 1.15 bits per heavy atom. The summed E-state index contributed by atoms with van der Waals surface area (Å²) in [5, 5.41) is 16.2. The molecule has 2 rings (SSSR count). The first-order chi connectivity index (χ1) is 15.5. The molecule has 172 valence electrons. The minimum Gasteiger partial charge on any atom is -0.343 e. The average molecular weight is 485 g/mol. The molecule has 0 spiro atoms. The lowest BCUT2D eigenvalue weighted by molar-refractivity contribution is -0.119. The van der Waals surface area contributed by atoms with Gasteiger partial charge in [0.25, 0.3) is 5.91 Å². The molecule has 0 unspecified atom stereocenters. The maximum absolute atomic E-state index is 12.3. The molecule has 2 amide bonds. The van der Waals surface area contributed by atoms with E-state index in [9.17, 15) is 18.0 Å². The standard InChI is InChI=1S/C23H24N4O4S2/c1-16(19-8-5-7-18(11-19)13-24)15-32-17(2)26-22(28)14-25-23(29)20-9-6-10-21(12-20)33(30,31)27(3)4/h5-12,15H,2,14H2,1,3-4H3,(H,25,29)(H,26,28)/b16-15+. The number of allylic oxidation sites excluding steroid dienone is 1. The first-order valence-corrected chi connectivity index (χ1v) is 12.0. The van der Waals surface area contributed by atoms with Gasteiger partial charge >= 0.3 is 0 Å². The fourth-order valence-electron chi connectivity index (χ4n) is 2.56. The molecular formula is C23H24N4O4S2. The number of rotatable bonds is 9. The van der Waals surface area contributed by atoms with Gasteiger partial charge in [0.1, 0.15) is 0 Å². The first-order valence-electron chi connectivity index (χ1n) is 9.68. The summed E-state index contributed by atoms with van der Waals surface area (Å²) in [6.45, 7) is 5.35. The Kier molecular flexibility index (Phi) is 8.99. The number of carbonyl (C=O) groups excluding carboxylic acids is 2. The van der Waals surface area contributed by atoms with E-state index in [-0.39, 0.29) is 17.0 Å². The summed E-state index contributed by atoms with van der Waals surface area (Å²) < 4.78 is 25.5. The highest BCUT2D eigenvalue weighted by atomic mass is 32.2. The molecule has 0 aromatic heterocycles. The van der Waals surface area contributed by atoms with Gasteiger partial charge in [-0.15, -0.1) is 0 Å². The first kappa shape index (κ1) is 25.9. The van der Waals surface area contributed by atoms with E-state index < -0.39 is 21.8 Å². The van der Waals surface area contributed by atoms with Gasteiger partial charge in [0.2, 0.25) is 15.9 Å². The minimum atomic E-state index is -3.68. The van der Waals surface area contributed by atoms with Crippen molar-refractivity contribution in [2.45, 2.75) is 11.8 Å². The van der Waals surface area contributed by atoms with Crippen LogP contribution in [0.4, 0.5) is 0 Å². The van der Waals surface area contributed by atoms with E-state index in [0.29, 0.717) is 10.6 Å². The number of benzene rings is 2. The summed E-state index contributed by atoms with van der Waals surface area (Å²) in [6.07, 6.45) is 0. The Hall–Kier alpha value is -3.39. The minimum absolute atomic E-state index is 0.0168. The Labute approximate surface area is 198 Å². The molecule has 2 N–H and O–H groups in total. The molecule has 0 saturated heterocycles. The molecule has 0 aliphatic heterocycles. The highest BCUT2D eigenvalue weighted by Gasteiger charge is 2.19. The van der Waals surface area contributed by atoms with Crippen LogP contribution in [0.15, 0.2) is 70.4 Å². The van der Waals surface area contributed by atoms with Crippen LogP contribution in [0.2, 0.25) is 0 Å². The number of amides is 2. The van der Waals surface area contributed by atoms with E-state index in [1.165, 1.54) is 50.1 Å². The number of nitriles is 1. The topological polar surface area (TPSA) is 119 Å². The van der Waals surface area contributed by atoms with Crippen molar-refractivity contribution in [1.29, 1.82) is 5.26 Å². The molecular weight excluding hydrogens is 460 g/mol. The van der Waals surface area contributed by atoms with Crippen molar-refractivity contribution in [1.82, 2.24) is 14.9 Å². The molecule has 0 radical (unpaired) electrons. The molecule has 0 aliphatic rings. The number of hydrogen-bond donors (Lipinski definition) is 2. The van der Waals surface area contributed by atoms with Gasteiger partial charge in [0, 0.05) is 19.7 Å². The zero-order valence-electron chi connectivity index (χ0n) is 18.5. The van der Waals surface area contributed by atoms with Gasteiger partial charge in [-0.1, -0.05) is 36.5 Å². The van der Waals surface area contributed by atoms with Gasteiger partial charge in [-0.3, -0.25) is 9.59 Å². The van der Waals surface area contributed by atoms with Crippen LogP contribution in [0.3, 0.4) is 0 Å². The Morgan fingerprint density at radius 2 is 1.82 bits per heavy atom. The normalized spacial score (nSPS) is 11.5. The summed E-state index contributed by atoms with van der Waals surface area (Å²) in [7, 11) is -0.879. The number of nitrogens with zero attached hydrogens (tertiary/aromatic N) is 2. The van der Waals surface area contributed by atoms with Crippen molar-refractivity contribution in [3.05, 3.63) is 82.2 Å². The van der Waals surface area contributed by atoms with Crippen molar-refractivity contribution in [3.8, 4) is 6.07 Å². The summed E-state index contributed by atoms with van der Waals surface area (Å²) in [5.41, 5.74) is 2.45. The smallest absolute Gasteiger partial charge is 0.251 e. The molecule has 0 saturated carbocycles. The zero-order valence-corrected chi connectivity index (χ0v) is 20.1. The molecule has 8 nitrogen and oxygen atoms in total. The summed E-state index contributed by atoms with van der Waals surface area (Å²) in [4.78, 5) is 24.5. The molecule has 2 aromatic carbocycles. The largest absolute Gasteiger partial charge is 0.343 e. The lowest BCUT2D eigenvalue weighted by Crippen LogP contribution is -2.36. The Morgan fingerprint density at radius 3 is 2.48 bits per heavy atom. The lowest BCUT2D eigenvalue weighted by atomic mass is 10.1. The number of thioether (sulfide) groups is 1. The third-order valence-electron chi connectivity index (χ3n) is 4.39. The van der Waals surface area contributed by atoms with Crippen LogP contribution in [0.5, 0.6) is 0 Å². The van der Waals surface area contributed by atoms with E-state index in [4.69, 9.17) is 5.26 Å².